The molecule has 0 unspecified atom stereocenters. The van der Waals surface area contributed by atoms with E-state index < -0.39 is 17.0 Å². The van der Waals surface area contributed by atoms with E-state index in [9.17, 15) is 24.8 Å². The summed E-state index contributed by atoms with van der Waals surface area (Å²) >= 11 is 0. The van der Waals surface area contributed by atoms with Crippen LogP contribution < -0.4 is 10.2 Å². The second-order valence-electron chi connectivity index (χ2n) is 6.56. The zero-order valence-corrected chi connectivity index (χ0v) is 14.8. The molecule has 1 atom stereocenters. The van der Waals surface area contributed by atoms with E-state index in [-0.39, 0.29) is 23.9 Å². The fourth-order valence-corrected chi connectivity index (χ4v) is 3.48. The second kappa shape index (κ2) is 6.38. The van der Waals surface area contributed by atoms with E-state index in [0.717, 1.165) is 0 Å². The Morgan fingerprint density at radius 1 is 1.18 bits per heavy atom. The molecule has 0 aliphatic carbocycles. The van der Waals surface area contributed by atoms with Gasteiger partial charge in [-0.1, -0.05) is 12.1 Å². The smallest absolute Gasteiger partial charge is 0.322 e. The quantitative estimate of drug-likeness (QED) is 0.626. The predicted molar refractivity (Wildman–Crippen MR) is 99.6 cm³/mol. The lowest BCUT2D eigenvalue weighted by Gasteiger charge is -2.30. The molecule has 0 bridgehead atoms. The number of rotatable bonds is 3. The molecule has 3 amide bonds. The zero-order chi connectivity index (χ0) is 20.0. The van der Waals surface area contributed by atoms with Crippen molar-refractivity contribution < 1.29 is 19.6 Å². The molecule has 0 radical (unpaired) electrons. The van der Waals surface area contributed by atoms with Crippen LogP contribution in [0.3, 0.4) is 0 Å². The lowest BCUT2D eigenvalue weighted by Crippen LogP contribution is -2.45. The average molecular weight is 380 g/mol. The van der Waals surface area contributed by atoms with Crippen LogP contribution in [0, 0.1) is 10.1 Å². The van der Waals surface area contributed by atoms with E-state index in [1.807, 2.05) is 0 Å². The van der Waals surface area contributed by atoms with Crippen molar-refractivity contribution in [3.8, 4) is 5.75 Å². The van der Waals surface area contributed by atoms with Gasteiger partial charge in [0.2, 0.25) is 0 Å². The van der Waals surface area contributed by atoms with Gasteiger partial charge >= 0.3 is 6.03 Å². The number of phenolic OH excluding ortho intramolecular Hbond substituents is 1. The summed E-state index contributed by atoms with van der Waals surface area (Å²) in [5.41, 5.74) is 1.84. The molecule has 2 heterocycles. The van der Waals surface area contributed by atoms with Crippen LogP contribution >= 0.6 is 0 Å². The molecule has 2 aromatic rings. The summed E-state index contributed by atoms with van der Waals surface area (Å²) in [7, 11) is 1.57. The van der Waals surface area contributed by atoms with E-state index in [2.05, 4.69) is 5.32 Å². The number of hydrogen-bond donors (Lipinski definition) is 2. The Morgan fingerprint density at radius 3 is 2.57 bits per heavy atom. The summed E-state index contributed by atoms with van der Waals surface area (Å²) in [6, 6.07) is 10.9. The Bertz CT molecular complexity index is 1030. The van der Waals surface area contributed by atoms with E-state index in [1.165, 1.54) is 40.1 Å². The minimum absolute atomic E-state index is 0.0801. The minimum atomic E-state index is -0.784. The third-order valence-electron chi connectivity index (χ3n) is 4.94. The highest BCUT2D eigenvalue weighted by molar-refractivity contribution is 6.11. The van der Waals surface area contributed by atoms with Crippen molar-refractivity contribution in [2.24, 2.45) is 0 Å². The van der Waals surface area contributed by atoms with Crippen molar-refractivity contribution in [3.05, 3.63) is 75.5 Å². The van der Waals surface area contributed by atoms with Crippen LogP contribution in [0.15, 0.2) is 59.8 Å². The minimum Gasteiger partial charge on any atom is -0.508 e. The second-order valence-corrected chi connectivity index (χ2v) is 6.56. The van der Waals surface area contributed by atoms with Crippen molar-refractivity contribution in [3.63, 3.8) is 0 Å². The first-order valence-electron chi connectivity index (χ1n) is 8.49. The number of aromatic hydroxyl groups is 1. The summed E-state index contributed by atoms with van der Waals surface area (Å²) < 4.78 is 0. The van der Waals surface area contributed by atoms with E-state index in [0.29, 0.717) is 22.5 Å². The van der Waals surface area contributed by atoms with Crippen LogP contribution in [-0.4, -0.2) is 40.5 Å². The van der Waals surface area contributed by atoms with Crippen LogP contribution in [0.2, 0.25) is 0 Å². The molecule has 2 N–H and O–H groups in total. The number of nitrogens with zero attached hydrogens (tertiary/aromatic N) is 3. The third-order valence-corrected chi connectivity index (χ3v) is 4.94. The fourth-order valence-electron chi connectivity index (χ4n) is 3.48. The Morgan fingerprint density at radius 2 is 1.89 bits per heavy atom. The first-order valence-corrected chi connectivity index (χ1v) is 8.49. The normalized spacial score (nSPS) is 19.0. The number of urea groups is 1. The van der Waals surface area contributed by atoms with Crippen LogP contribution in [-0.2, 0) is 4.79 Å². The monoisotopic (exact) mass is 380 g/mol. The molecular weight excluding hydrogens is 364 g/mol. The SMILES string of the molecule is CN1C(=O)N[C@H](c2cccc([N+](=O)[O-])c2)C2=C1CN(c1ccc(O)cc1)C2=O. The molecule has 28 heavy (non-hydrogen) atoms. The van der Waals surface area contributed by atoms with Gasteiger partial charge in [-0.3, -0.25) is 19.8 Å². The molecule has 9 heteroatoms. The highest BCUT2D eigenvalue weighted by atomic mass is 16.6. The number of non-ortho nitro benzene ring substituents is 1. The highest BCUT2D eigenvalue weighted by Gasteiger charge is 2.43. The largest absolute Gasteiger partial charge is 0.508 e. The molecule has 142 valence electrons. The maximum Gasteiger partial charge on any atom is 0.322 e. The Labute approximate surface area is 159 Å². The Kier molecular flexibility index (Phi) is 3.99. The van der Waals surface area contributed by atoms with Crippen molar-refractivity contribution in [2.45, 2.75) is 6.04 Å². The standard InChI is InChI=1S/C19H16N4O5/c1-21-15-10-22(12-5-7-14(24)8-6-12)18(25)16(15)17(20-19(21)26)11-3-2-4-13(9-11)23(27)28/h2-9,17,24H,10H2,1H3,(H,20,26)/t17-/m1/s1. The first kappa shape index (κ1) is 17.5. The highest BCUT2D eigenvalue weighted by Crippen LogP contribution is 2.38. The predicted octanol–water partition coefficient (Wildman–Crippen LogP) is 2.30. The molecule has 0 saturated carbocycles. The number of hydrogen-bond acceptors (Lipinski definition) is 5. The number of amides is 3. The molecular formula is C19H16N4O5. The van der Waals surface area contributed by atoms with Crippen molar-refractivity contribution in [1.82, 2.24) is 10.2 Å². The molecule has 4 rings (SSSR count). The molecule has 0 fully saturated rings. The summed E-state index contributed by atoms with van der Waals surface area (Å²) in [6.07, 6.45) is 0. The molecule has 0 aromatic heterocycles. The van der Waals surface area contributed by atoms with Gasteiger partial charge < -0.3 is 15.3 Å². The summed E-state index contributed by atoms with van der Waals surface area (Å²) in [5, 5.41) is 23.3. The molecule has 2 aliphatic rings. The number of nitro groups is 1. The molecule has 9 nitrogen and oxygen atoms in total. The number of nitrogens with one attached hydrogen (secondary N) is 1. The van der Waals surface area contributed by atoms with Crippen molar-refractivity contribution in [1.29, 1.82) is 0 Å². The topological polar surface area (TPSA) is 116 Å². The lowest BCUT2D eigenvalue weighted by molar-refractivity contribution is -0.384. The average Bonchev–Trinajstić information content (AvgIpc) is 3.03. The van der Waals surface area contributed by atoms with E-state index >= 15 is 0 Å². The van der Waals surface area contributed by atoms with Crippen LogP contribution in [0.1, 0.15) is 11.6 Å². The first-order chi connectivity index (χ1) is 13.4. The number of benzene rings is 2. The Hall–Kier alpha value is -3.88. The van der Waals surface area contributed by atoms with Crippen LogP contribution in [0.5, 0.6) is 5.75 Å². The number of likely N-dealkylation sites (N-methyl/N-ethyl adjacent to an activating group) is 1. The van der Waals surface area contributed by atoms with Crippen molar-refractivity contribution in [2.75, 3.05) is 18.5 Å². The van der Waals surface area contributed by atoms with Gasteiger partial charge in [0, 0.05) is 24.9 Å². The summed E-state index contributed by atoms with van der Waals surface area (Å²) in [5.74, 6) is -0.222. The van der Waals surface area contributed by atoms with Crippen molar-refractivity contribution >= 4 is 23.3 Å². The van der Waals surface area contributed by atoms with Gasteiger partial charge in [-0.05, 0) is 29.8 Å². The van der Waals surface area contributed by atoms with E-state index in [4.69, 9.17) is 0 Å². The van der Waals surface area contributed by atoms with Gasteiger partial charge in [-0.2, -0.15) is 0 Å². The number of carbonyl (C=O) groups is 2. The van der Waals surface area contributed by atoms with Crippen LogP contribution in [0.25, 0.3) is 0 Å². The summed E-state index contributed by atoms with van der Waals surface area (Å²) in [6.45, 7) is 0.189. The maximum absolute atomic E-state index is 13.2. The number of nitro benzene ring substituents is 1. The number of carbonyl (C=O) groups excluding carboxylic acids is 2. The van der Waals surface area contributed by atoms with Gasteiger partial charge in [0.15, 0.2) is 0 Å². The van der Waals surface area contributed by atoms with Gasteiger partial charge in [0.05, 0.1) is 28.8 Å². The number of phenols is 1. The molecule has 0 spiro atoms. The third kappa shape index (κ3) is 2.73. The number of anilines is 1. The Balaban J connectivity index is 1.76. The fraction of sp³-hybridized carbons (Fsp3) is 0.158. The molecule has 2 aromatic carbocycles. The van der Waals surface area contributed by atoms with Crippen LogP contribution in [0.4, 0.5) is 16.2 Å². The van der Waals surface area contributed by atoms with Gasteiger partial charge in [-0.25, -0.2) is 4.79 Å². The van der Waals surface area contributed by atoms with Gasteiger partial charge in [0.1, 0.15) is 5.75 Å². The molecule has 0 saturated heterocycles. The van der Waals surface area contributed by atoms with Gasteiger partial charge in [0.25, 0.3) is 11.6 Å². The molecule has 2 aliphatic heterocycles. The van der Waals surface area contributed by atoms with Gasteiger partial charge in [-0.15, -0.1) is 0 Å². The maximum atomic E-state index is 13.2. The lowest BCUT2D eigenvalue weighted by atomic mass is 9.95. The zero-order valence-electron chi connectivity index (χ0n) is 14.8. The van der Waals surface area contributed by atoms with E-state index in [1.54, 1.807) is 25.2 Å². The summed E-state index contributed by atoms with van der Waals surface area (Å²) in [4.78, 5) is 39.1.